The maximum absolute atomic E-state index is 11.8. The van der Waals surface area contributed by atoms with Crippen LogP contribution in [0.25, 0.3) is 0 Å². The molecule has 6 heteroatoms. The molecule has 0 atom stereocenters. The maximum Gasteiger partial charge on any atom is 0.494 e. The van der Waals surface area contributed by atoms with Gasteiger partial charge in [-0.05, 0) is 57.6 Å². The number of hydrogen-bond donors (Lipinski definition) is 1. The number of halogens is 1. The Bertz CT molecular complexity index is 612. The molecule has 4 nitrogen and oxygen atoms in total. The second kappa shape index (κ2) is 5.80. The van der Waals surface area contributed by atoms with Crippen molar-refractivity contribution in [3.05, 3.63) is 28.8 Å². The van der Waals surface area contributed by atoms with Gasteiger partial charge in [-0.15, -0.1) is 0 Å². The number of amides is 1. The third-order valence-electron chi connectivity index (χ3n) is 5.00. The van der Waals surface area contributed by atoms with Gasteiger partial charge >= 0.3 is 7.12 Å². The zero-order chi connectivity index (χ0) is 16.8. The van der Waals surface area contributed by atoms with E-state index in [1.54, 1.807) is 0 Å². The van der Waals surface area contributed by atoms with Gasteiger partial charge in [0.05, 0.1) is 11.2 Å². The van der Waals surface area contributed by atoms with Gasteiger partial charge in [0.25, 0.3) is 0 Å². The molecule has 1 aromatic carbocycles. The second-order valence-electron chi connectivity index (χ2n) is 7.43. The van der Waals surface area contributed by atoms with Gasteiger partial charge in [-0.1, -0.05) is 23.7 Å². The highest BCUT2D eigenvalue weighted by Crippen LogP contribution is 2.36. The van der Waals surface area contributed by atoms with Gasteiger partial charge in [0, 0.05) is 17.5 Å². The lowest BCUT2D eigenvalue weighted by Gasteiger charge is -2.32. The number of nitrogens with one attached hydrogen (secondary N) is 1. The molecule has 0 bridgehead atoms. The monoisotopic (exact) mass is 335 g/mol. The molecule has 0 spiro atoms. The molecule has 3 rings (SSSR count). The summed E-state index contributed by atoms with van der Waals surface area (Å²) in [6.07, 6.45) is 1.99. The molecule has 23 heavy (non-hydrogen) atoms. The van der Waals surface area contributed by atoms with E-state index in [1.807, 2.05) is 45.9 Å². The summed E-state index contributed by atoms with van der Waals surface area (Å²) in [7, 11) is -0.421. The first-order chi connectivity index (χ1) is 10.7. The molecule has 0 radical (unpaired) electrons. The van der Waals surface area contributed by atoms with E-state index < -0.39 is 7.12 Å². The highest BCUT2D eigenvalue weighted by Gasteiger charge is 2.51. The predicted octanol–water partition coefficient (Wildman–Crippen LogP) is 2.67. The van der Waals surface area contributed by atoms with Crippen LogP contribution >= 0.6 is 11.6 Å². The van der Waals surface area contributed by atoms with Crippen LogP contribution in [-0.4, -0.2) is 24.2 Å². The van der Waals surface area contributed by atoms with E-state index in [-0.39, 0.29) is 23.0 Å². The van der Waals surface area contributed by atoms with Crippen molar-refractivity contribution in [2.24, 2.45) is 5.92 Å². The molecule has 1 aliphatic carbocycles. The quantitative estimate of drug-likeness (QED) is 0.861. The Morgan fingerprint density at radius 1 is 1.26 bits per heavy atom. The molecule has 0 unspecified atom stereocenters. The second-order valence-corrected chi connectivity index (χ2v) is 7.84. The van der Waals surface area contributed by atoms with E-state index in [2.05, 4.69) is 5.32 Å². The maximum atomic E-state index is 11.8. The van der Waals surface area contributed by atoms with Crippen molar-refractivity contribution in [1.82, 2.24) is 5.32 Å². The molecular weight excluding hydrogens is 312 g/mol. The lowest BCUT2D eigenvalue weighted by Crippen LogP contribution is -2.41. The van der Waals surface area contributed by atoms with Crippen molar-refractivity contribution < 1.29 is 14.1 Å². The Labute approximate surface area is 143 Å². The van der Waals surface area contributed by atoms with Crippen molar-refractivity contribution in [3.63, 3.8) is 0 Å². The molecule has 1 heterocycles. The third kappa shape index (κ3) is 3.42. The number of rotatable bonds is 4. The molecule has 1 aliphatic heterocycles. The van der Waals surface area contributed by atoms with Crippen molar-refractivity contribution >= 4 is 30.1 Å². The standard InChI is InChI=1S/C17H23BClNO3/c1-16(2)17(3,4)23-18(22-16)13-7-8-14(19)12(9-13)10-20-15(21)11-5-6-11/h7-9,11H,5-6,10H2,1-4H3,(H,20,21). The molecular formula is C17H23BClNO3. The minimum atomic E-state index is -0.421. The Morgan fingerprint density at radius 2 is 1.87 bits per heavy atom. The Kier molecular flexibility index (Phi) is 4.24. The van der Waals surface area contributed by atoms with E-state index in [1.165, 1.54) is 0 Å². The van der Waals surface area contributed by atoms with Gasteiger partial charge < -0.3 is 14.6 Å². The first kappa shape index (κ1) is 16.8. The van der Waals surface area contributed by atoms with Gasteiger partial charge in [-0.2, -0.15) is 0 Å². The fourth-order valence-corrected chi connectivity index (χ4v) is 2.71. The minimum Gasteiger partial charge on any atom is -0.399 e. The average molecular weight is 336 g/mol. The summed E-state index contributed by atoms with van der Waals surface area (Å²) in [5.74, 6) is 0.308. The summed E-state index contributed by atoms with van der Waals surface area (Å²) >= 11 is 6.26. The van der Waals surface area contributed by atoms with Crippen LogP contribution in [0.5, 0.6) is 0 Å². The van der Waals surface area contributed by atoms with Crippen LogP contribution in [-0.2, 0) is 20.6 Å². The number of hydrogen-bond acceptors (Lipinski definition) is 3. The fourth-order valence-electron chi connectivity index (χ4n) is 2.53. The van der Waals surface area contributed by atoms with E-state index in [0.717, 1.165) is 23.9 Å². The molecule has 1 saturated heterocycles. The Morgan fingerprint density at radius 3 is 2.43 bits per heavy atom. The molecule has 2 fully saturated rings. The van der Waals surface area contributed by atoms with Crippen LogP contribution in [0, 0.1) is 5.92 Å². The Hall–Kier alpha value is -1.04. The first-order valence-corrected chi connectivity index (χ1v) is 8.49. The van der Waals surface area contributed by atoms with Crippen molar-refractivity contribution in [2.75, 3.05) is 0 Å². The zero-order valence-electron chi connectivity index (χ0n) is 14.1. The smallest absolute Gasteiger partial charge is 0.399 e. The summed E-state index contributed by atoms with van der Waals surface area (Å²) in [5.41, 5.74) is 1.05. The Balaban J connectivity index is 1.74. The van der Waals surface area contributed by atoms with Crippen LogP contribution in [0.15, 0.2) is 18.2 Å². The molecule has 2 aliphatic rings. The van der Waals surface area contributed by atoms with Gasteiger partial charge in [-0.3, -0.25) is 4.79 Å². The number of carbonyl (C=O) groups excluding carboxylic acids is 1. The number of carbonyl (C=O) groups is 1. The van der Waals surface area contributed by atoms with Crippen LogP contribution in [0.2, 0.25) is 5.02 Å². The lowest BCUT2D eigenvalue weighted by atomic mass is 9.78. The van der Waals surface area contributed by atoms with Crippen molar-refractivity contribution in [1.29, 1.82) is 0 Å². The van der Waals surface area contributed by atoms with Crippen LogP contribution in [0.3, 0.4) is 0 Å². The molecule has 124 valence electrons. The minimum absolute atomic E-state index is 0.113. The van der Waals surface area contributed by atoms with Gasteiger partial charge in [-0.25, -0.2) is 0 Å². The molecule has 1 saturated carbocycles. The van der Waals surface area contributed by atoms with Gasteiger partial charge in [0.2, 0.25) is 5.91 Å². The normalized spacial score (nSPS) is 22.2. The molecule has 1 amide bonds. The van der Waals surface area contributed by atoms with Gasteiger partial charge in [0.15, 0.2) is 0 Å². The van der Waals surface area contributed by atoms with E-state index in [0.29, 0.717) is 11.6 Å². The van der Waals surface area contributed by atoms with Crippen LogP contribution in [0.1, 0.15) is 46.1 Å². The predicted molar refractivity (Wildman–Crippen MR) is 91.7 cm³/mol. The summed E-state index contributed by atoms with van der Waals surface area (Å²) < 4.78 is 12.1. The first-order valence-electron chi connectivity index (χ1n) is 8.11. The average Bonchev–Trinajstić information content (AvgIpc) is 3.26. The molecule has 1 N–H and O–H groups in total. The van der Waals surface area contributed by atoms with E-state index >= 15 is 0 Å². The summed E-state index contributed by atoms with van der Waals surface area (Å²) in [5, 5.41) is 3.59. The third-order valence-corrected chi connectivity index (χ3v) is 5.37. The van der Waals surface area contributed by atoms with E-state index in [4.69, 9.17) is 20.9 Å². The zero-order valence-corrected chi connectivity index (χ0v) is 14.9. The number of benzene rings is 1. The summed E-state index contributed by atoms with van der Waals surface area (Å²) in [6, 6.07) is 5.70. The highest BCUT2D eigenvalue weighted by atomic mass is 35.5. The fraction of sp³-hybridized carbons (Fsp3) is 0.588. The molecule has 1 aromatic rings. The summed E-state index contributed by atoms with van der Waals surface area (Å²) in [4.78, 5) is 11.8. The largest absolute Gasteiger partial charge is 0.494 e. The van der Waals surface area contributed by atoms with E-state index in [9.17, 15) is 4.79 Å². The van der Waals surface area contributed by atoms with Crippen LogP contribution in [0.4, 0.5) is 0 Å². The molecule has 0 aromatic heterocycles. The van der Waals surface area contributed by atoms with Crippen molar-refractivity contribution in [2.45, 2.75) is 58.3 Å². The SMILES string of the molecule is CC1(C)OB(c2ccc(Cl)c(CNC(=O)C3CC3)c2)OC1(C)C. The summed E-state index contributed by atoms with van der Waals surface area (Å²) in [6.45, 7) is 8.54. The van der Waals surface area contributed by atoms with Gasteiger partial charge in [0.1, 0.15) is 0 Å². The lowest BCUT2D eigenvalue weighted by molar-refractivity contribution is -0.122. The van der Waals surface area contributed by atoms with Crippen molar-refractivity contribution in [3.8, 4) is 0 Å². The topological polar surface area (TPSA) is 47.6 Å². The van der Waals surface area contributed by atoms with Crippen LogP contribution < -0.4 is 10.8 Å². The highest BCUT2D eigenvalue weighted by molar-refractivity contribution is 6.62.